The predicted molar refractivity (Wildman–Crippen MR) is 51.9 cm³/mol. The lowest BCUT2D eigenvalue weighted by atomic mass is 10.4. The topological polar surface area (TPSA) is 74.0 Å². The second-order valence-electron chi connectivity index (χ2n) is 2.33. The number of hydrazine groups is 1. The standard InChI is InChI=1S/C7H7Cl2N3O2/c8-5(9)7(14)12-11-6(13)4-2-1-3-10-4/h1-3,5,10H,(H,11,13)(H,12,14). The number of aromatic amines is 1. The van der Waals surface area contributed by atoms with Crippen molar-refractivity contribution in [3.05, 3.63) is 24.0 Å². The number of H-pyrrole nitrogens is 1. The first-order chi connectivity index (χ1) is 6.61. The molecule has 76 valence electrons. The van der Waals surface area contributed by atoms with Crippen LogP contribution in [-0.2, 0) is 4.79 Å². The Morgan fingerprint density at radius 1 is 1.36 bits per heavy atom. The van der Waals surface area contributed by atoms with E-state index < -0.39 is 16.7 Å². The van der Waals surface area contributed by atoms with E-state index in [0.29, 0.717) is 5.69 Å². The monoisotopic (exact) mass is 235 g/mol. The van der Waals surface area contributed by atoms with E-state index in [0.717, 1.165) is 0 Å². The Morgan fingerprint density at radius 3 is 2.57 bits per heavy atom. The number of aromatic nitrogens is 1. The second-order valence-corrected chi connectivity index (χ2v) is 3.42. The van der Waals surface area contributed by atoms with Gasteiger partial charge >= 0.3 is 0 Å². The molecule has 14 heavy (non-hydrogen) atoms. The summed E-state index contributed by atoms with van der Waals surface area (Å²) >= 11 is 10.5. The molecule has 0 atom stereocenters. The molecule has 3 N–H and O–H groups in total. The SMILES string of the molecule is O=C(NNC(=O)C(Cl)Cl)c1ccc[nH]1. The van der Waals surface area contributed by atoms with Gasteiger partial charge in [-0.05, 0) is 12.1 Å². The van der Waals surface area contributed by atoms with Gasteiger partial charge in [0.1, 0.15) is 5.69 Å². The van der Waals surface area contributed by atoms with Crippen LogP contribution >= 0.6 is 23.2 Å². The molecule has 5 nitrogen and oxygen atoms in total. The number of amides is 2. The zero-order chi connectivity index (χ0) is 10.6. The van der Waals surface area contributed by atoms with Crippen LogP contribution in [0, 0.1) is 0 Å². The molecular weight excluding hydrogens is 229 g/mol. The fraction of sp³-hybridized carbons (Fsp3) is 0.143. The van der Waals surface area contributed by atoms with Gasteiger partial charge in [0.05, 0.1) is 0 Å². The number of nitrogens with one attached hydrogen (secondary N) is 3. The van der Waals surface area contributed by atoms with Gasteiger partial charge in [0, 0.05) is 6.20 Å². The fourth-order valence-corrected chi connectivity index (χ4v) is 0.821. The first-order valence-corrected chi connectivity index (χ1v) is 4.50. The highest BCUT2D eigenvalue weighted by Crippen LogP contribution is 1.99. The largest absolute Gasteiger partial charge is 0.357 e. The molecule has 7 heteroatoms. The van der Waals surface area contributed by atoms with Crippen molar-refractivity contribution >= 4 is 35.0 Å². The third kappa shape index (κ3) is 2.93. The Kier molecular flexibility index (Phi) is 3.79. The van der Waals surface area contributed by atoms with Crippen molar-refractivity contribution in [2.75, 3.05) is 0 Å². The summed E-state index contributed by atoms with van der Waals surface area (Å²) in [5, 5.41) is 0. The van der Waals surface area contributed by atoms with Gasteiger partial charge in [-0.15, -0.1) is 0 Å². The van der Waals surface area contributed by atoms with Crippen LogP contribution in [0.15, 0.2) is 18.3 Å². The summed E-state index contributed by atoms with van der Waals surface area (Å²) in [4.78, 5) is 23.5. The molecule has 1 heterocycles. The molecular formula is C7H7Cl2N3O2. The molecule has 1 rings (SSSR count). The quantitative estimate of drug-likeness (QED) is 0.519. The van der Waals surface area contributed by atoms with Gasteiger partial charge in [-0.1, -0.05) is 23.2 Å². The number of hydrogen-bond donors (Lipinski definition) is 3. The molecule has 0 aromatic carbocycles. The fourth-order valence-electron chi connectivity index (χ4n) is 0.712. The molecule has 0 aliphatic rings. The zero-order valence-electron chi connectivity index (χ0n) is 6.88. The maximum Gasteiger partial charge on any atom is 0.286 e. The van der Waals surface area contributed by atoms with E-state index in [1.165, 1.54) is 0 Å². The van der Waals surface area contributed by atoms with Crippen LogP contribution in [0.2, 0.25) is 0 Å². The van der Waals surface area contributed by atoms with Crippen molar-refractivity contribution in [1.82, 2.24) is 15.8 Å². The summed E-state index contributed by atoms with van der Waals surface area (Å²) in [5.41, 5.74) is 4.50. The maximum absolute atomic E-state index is 11.2. The molecule has 0 radical (unpaired) electrons. The minimum absolute atomic E-state index is 0.325. The molecule has 0 unspecified atom stereocenters. The first-order valence-electron chi connectivity index (χ1n) is 3.63. The van der Waals surface area contributed by atoms with Crippen molar-refractivity contribution in [1.29, 1.82) is 0 Å². The van der Waals surface area contributed by atoms with E-state index in [-0.39, 0.29) is 0 Å². The summed E-state index contributed by atoms with van der Waals surface area (Å²) in [6, 6.07) is 3.21. The van der Waals surface area contributed by atoms with Crippen LogP contribution in [0.3, 0.4) is 0 Å². The van der Waals surface area contributed by atoms with Crippen LogP contribution in [0.1, 0.15) is 10.5 Å². The minimum atomic E-state index is -1.21. The van der Waals surface area contributed by atoms with E-state index in [9.17, 15) is 9.59 Å². The summed E-state index contributed by atoms with van der Waals surface area (Å²) in [7, 11) is 0. The van der Waals surface area contributed by atoms with Crippen molar-refractivity contribution in [3.63, 3.8) is 0 Å². The Labute approximate surface area is 89.7 Å². The normalized spacial score (nSPS) is 9.93. The molecule has 0 saturated carbocycles. The number of alkyl halides is 2. The highest BCUT2D eigenvalue weighted by atomic mass is 35.5. The summed E-state index contributed by atoms with van der Waals surface area (Å²) < 4.78 is 0. The highest BCUT2D eigenvalue weighted by molar-refractivity contribution is 6.53. The predicted octanol–water partition coefficient (Wildman–Crippen LogP) is 0.579. The van der Waals surface area contributed by atoms with Crippen molar-refractivity contribution in [2.24, 2.45) is 0 Å². The van der Waals surface area contributed by atoms with Crippen molar-refractivity contribution in [3.8, 4) is 0 Å². The average molecular weight is 236 g/mol. The van der Waals surface area contributed by atoms with Crippen LogP contribution in [0.25, 0.3) is 0 Å². The smallest absolute Gasteiger partial charge is 0.286 e. The molecule has 0 aliphatic heterocycles. The van der Waals surface area contributed by atoms with Crippen LogP contribution < -0.4 is 10.9 Å². The third-order valence-electron chi connectivity index (χ3n) is 1.34. The maximum atomic E-state index is 11.2. The summed E-state index contributed by atoms with van der Waals surface area (Å²) in [6.45, 7) is 0. The molecule has 2 amide bonds. The Balaban J connectivity index is 2.40. The zero-order valence-corrected chi connectivity index (χ0v) is 8.39. The summed E-state index contributed by atoms with van der Waals surface area (Å²) in [5.74, 6) is -1.16. The number of carbonyl (C=O) groups is 2. The molecule has 0 bridgehead atoms. The molecule has 1 aromatic heterocycles. The number of rotatable bonds is 2. The van der Waals surface area contributed by atoms with E-state index in [1.54, 1.807) is 18.3 Å². The molecule has 0 saturated heterocycles. The minimum Gasteiger partial charge on any atom is -0.357 e. The van der Waals surface area contributed by atoms with Crippen LogP contribution in [-0.4, -0.2) is 21.6 Å². The Morgan fingerprint density at radius 2 is 2.07 bits per heavy atom. The molecule has 0 fully saturated rings. The second kappa shape index (κ2) is 4.88. The molecule has 0 aliphatic carbocycles. The number of halogens is 2. The lowest BCUT2D eigenvalue weighted by Crippen LogP contribution is -2.44. The van der Waals surface area contributed by atoms with Gasteiger partial charge in [0.25, 0.3) is 11.8 Å². The Bertz CT molecular complexity index is 324. The van der Waals surface area contributed by atoms with Crippen molar-refractivity contribution < 1.29 is 9.59 Å². The van der Waals surface area contributed by atoms with Crippen molar-refractivity contribution in [2.45, 2.75) is 4.84 Å². The molecule has 1 aromatic rings. The number of hydrogen-bond acceptors (Lipinski definition) is 2. The van der Waals surface area contributed by atoms with Crippen LogP contribution in [0.4, 0.5) is 0 Å². The Hall–Kier alpha value is -1.20. The van der Waals surface area contributed by atoms with Gasteiger partial charge in [-0.2, -0.15) is 0 Å². The lowest BCUT2D eigenvalue weighted by Gasteiger charge is -2.05. The van der Waals surface area contributed by atoms with Gasteiger partial charge in [0.15, 0.2) is 4.84 Å². The highest BCUT2D eigenvalue weighted by Gasteiger charge is 2.12. The average Bonchev–Trinajstić information content (AvgIpc) is 2.66. The van der Waals surface area contributed by atoms with Gasteiger partial charge < -0.3 is 4.98 Å². The lowest BCUT2D eigenvalue weighted by molar-refractivity contribution is -0.120. The van der Waals surface area contributed by atoms with Gasteiger partial charge in [-0.25, -0.2) is 0 Å². The van der Waals surface area contributed by atoms with Gasteiger partial charge in [0.2, 0.25) is 0 Å². The molecule has 0 spiro atoms. The van der Waals surface area contributed by atoms with E-state index in [4.69, 9.17) is 23.2 Å². The van der Waals surface area contributed by atoms with E-state index in [2.05, 4.69) is 10.4 Å². The van der Waals surface area contributed by atoms with Gasteiger partial charge in [-0.3, -0.25) is 20.4 Å². The van der Waals surface area contributed by atoms with E-state index >= 15 is 0 Å². The summed E-state index contributed by atoms with van der Waals surface area (Å²) in [6.07, 6.45) is 1.59. The van der Waals surface area contributed by atoms with E-state index in [1.807, 2.05) is 5.43 Å². The van der Waals surface area contributed by atoms with Crippen LogP contribution in [0.5, 0.6) is 0 Å². The third-order valence-corrected chi connectivity index (χ3v) is 1.74. The first kappa shape index (κ1) is 10.9. The number of carbonyl (C=O) groups excluding carboxylic acids is 2.